The molecule has 1 unspecified atom stereocenters. The van der Waals surface area contributed by atoms with Crippen molar-refractivity contribution in [1.29, 1.82) is 0 Å². The molecule has 0 aliphatic carbocycles. The zero-order valence-electron chi connectivity index (χ0n) is 14.3. The van der Waals surface area contributed by atoms with Crippen LogP contribution in [0.25, 0.3) is 11.2 Å². The minimum absolute atomic E-state index is 0.610. The summed E-state index contributed by atoms with van der Waals surface area (Å²) >= 11 is 2.00. The fourth-order valence-corrected chi connectivity index (χ4v) is 4.14. The van der Waals surface area contributed by atoms with Gasteiger partial charge in [-0.05, 0) is 36.2 Å². The molecule has 0 radical (unpaired) electrons. The first-order valence-corrected chi connectivity index (χ1v) is 9.65. The standard InChI is InChI=1S/C19H22N4OS/c1-23-18(22-17-3-2-9-21-19(17)23)8-10-24-15-6-4-14(5-7-15)11-16-12-20-13-25-16/h2-7,9,16,20H,8,10-13H2,1H3. The molecule has 0 saturated carbocycles. The predicted molar refractivity (Wildman–Crippen MR) is 102 cm³/mol. The maximum absolute atomic E-state index is 5.89. The zero-order valence-corrected chi connectivity index (χ0v) is 15.1. The van der Waals surface area contributed by atoms with Gasteiger partial charge in [0.25, 0.3) is 0 Å². The van der Waals surface area contributed by atoms with Crippen LogP contribution in [0.3, 0.4) is 0 Å². The number of imidazole rings is 1. The van der Waals surface area contributed by atoms with Crippen LogP contribution in [-0.4, -0.2) is 38.8 Å². The van der Waals surface area contributed by atoms with Gasteiger partial charge in [-0.25, -0.2) is 9.97 Å². The number of rotatable bonds is 6. The summed E-state index contributed by atoms with van der Waals surface area (Å²) in [6, 6.07) is 12.4. The highest BCUT2D eigenvalue weighted by molar-refractivity contribution is 8.00. The summed E-state index contributed by atoms with van der Waals surface area (Å²) in [5.41, 5.74) is 3.22. The van der Waals surface area contributed by atoms with Gasteiger partial charge in [-0.2, -0.15) is 0 Å². The third kappa shape index (κ3) is 3.80. The number of aromatic nitrogens is 3. The van der Waals surface area contributed by atoms with Crippen LogP contribution in [0.1, 0.15) is 11.4 Å². The van der Waals surface area contributed by atoms with Crippen molar-refractivity contribution in [3.8, 4) is 5.75 Å². The first-order valence-electron chi connectivity index (χ1n) is 8.60. The number of pyridine rings is 1. The Hall–Kier alpha value is -2.05. The van der Waals surface area contributed by atoms with Crippen molar-refractivity contribution in [2.24, 2.45) is 7.05 Å². The summed E-state index contributed by atoms with van der Waals surface area (Å²) in [7, 11) is 2.00. The van der Waals surface area contributed by atoms with Crippen LogP contribution in [-0.2, 0) is 19.9 Å². The molecule has 1 atom stereocenters. The van der Waals surface area contributed by atoms with E-state index in [1.165, 1.54) is 5.56 Å². The quantitative estimate of drug-likeness (QED) is 0.738. The summed E-state index contributed by atoms with van der Waals surface area (Å²) in [6.07, 6.45) is 3.68. The lowest BCUT2D eigenvalue weighted by atomic mass is 10.1. The van der Waals surface area contributed by atoms with E-state index in [1.54, 1.807) is 6.20 Å². The van der Waals surface area contributed by atoms with Gasteiger partial charge in [0.1, 0.15) is 17.1 Å². The molecule has 0 spiro atoms. The number of ether oxygens (including phenoxy) is 1. The number of thioether (sulfide) groups is 1. The molecule has 130 valence electrons. The molecule has 25 heavy (non-hydrogen) atoms. The van der Waals surface area contributed by atoms with Gasteiger partial charge in [0.2, 0.25) is 0 Å². The van der Waals surface area contributed by atoms with E-state index in [-0.39, 0.29) is 0 Å². The topological polar surface area (TPSA) is 52.0 Å². The van der Waals surface area contributed by atoms with Gasteiger partial charge in [-0.3, -0.25) is 0 Å². The molecule has 1 saturated heterocycles. The van der Waals surface area contributed by atoms with Crippen LogP contribution in [0.4, 0.5) is 0 Å². The molecule has 6 heteroatoms. The molecule has 1 aliphatic heterocycles. The molecule has 3 heterocycles. The van der Waals surface area contributed by atoms with E-state index in [2.05, 4.69) is 39.6 Å². The fourth-order valence-electron chi connectivity index (χ4n) is 3.13. The van der Waals surface area contributed by atoms with Crippen LogP contribution in [0, 0.1) is 0 Å². The van der Waals surface area contributed by atoms with Crippen molar-refractivity contribution < 1.29 is 4.74 Å². The monoisotopic (exact) mass is 354 g/mol. The zero-order chi connectivity index (χ0) is 17.1. The molecule has 1 fully saturated rings. The van der Waals surface area contributed by atoms with Crippen molar-refractivity contribution in [3.63, 3.8) is 0 Å². The number of nitrogens with zero attached hydrogens (tertiary/aromatic N) is 3. The molecule has 1 N–H and O–H groups in total. The minimum Gasteiger partial charge on any atom is -0.493 e. The summed E-state index contributed by atoms with van der Waals surface area (Å²) in [5.74, 6) is 2.98. The van der Waals surface area contributed by atoms with Crippen LogP contribution in [0.15, 0.2) is 42.6 Å². The van der Waals surface area contributed by atoms with E-state index in [0.29, 0.717) is 11.9 Å². The van der Waals surface area contributed by atoms with Crippen molar-refractivity contribution in [3.05, 3.63) is 54.0 Å². The Balaban J connectivity index is 1.32. The van der Waals surface area contributed by atoms with Crippen LogP contribution < -0.4 is 10.1 Å². The predicted octanol–water partition coefficient (Wildman–Crippen LogP) is 2.79. The fraction of sp³-hybridized carbons (Fsp3) is 0.368. The van der Waals surface area contributed by atoms with E-state index in [0.717, 1.165) is 48.0 Å². The maximum atomic E-state index is 5.89. The molecule has 5 nitrogen and oxygen atoms in total. The third-order valence-electron chi connectivity index (χ3n) is 4.49. The molecule has 4 rings (SSSR count). The molecule has 1 aromatic carbocycles. The van der Waals surface area contributed by atoms with Gasteiger partial charge in [0.15, 0.2) is 5.65 Å². The molecular weight excluding hydrogens is 332 g/mol. The number of aryl methyl sites for hydroxylation is 1. The van der Waals surface area contributed by atoms with Crippen LogP contribution in [0.2, 0.25) is 0 Å². The Morgan fingerprint density at radius 3 is 2.92 bits per heavy atom. The Bertz CT molecular complexity index is 840. The first-order chi connectivity index (χ1) is 12.3. The number of fused-ring (bicyclic) bond motifs is 1. The Morgan fingerprint density at radius 2 is 2.16 bits per heavy atom. The van der Waals surface area contributed by atoms with E-state index in [4.69, 9.17) is 4.74 Å². The Morgan fingerprint density at radius 1 is 1.28 bits per heavy atom. The highest BCUT2D eigenvalue weighted by atomic mass is 32.2. The number of hydrogen-bond donors (Lipinski definition) is 1. The molecule has 0 amide bonds. The van der Waals surface area contributed by atoms with Crippen molar-refractivity contribution in [2.45, 2.75) is 18.1 Å². The average Bonchev–Trinajstić information content (AvgIpc) is 3.25. The summed E-state index contributed by atoms with van der Waals surface area (Å²) in [5, 5.41) is 4.08. The van der Waals surface area contributed by atoms with Gasteiger partial charge < -0.3 is 14.6 Å². The molecule has 2 aromatic heterocycles. The SMILES string of the molecule is Cn1c(CCOc2ccc(CC3CNCS3)cc2)nc2cccnc21. The van der Waals surface area contributed by atoms with Gasteiger partial charge in [0.05, 0.1) is 6.61 Å². The normalized spacial score (nSPS) is 17.2. The number of hydrogen-bond acceptors (Lipinski definition) is 5. The lowest BCUT2D eigenvalue weighted by Crippen LogP contribution is -2.14. The Labute approximate surface area is 151 Å². The van der Waals surface area contributed by atoms with E-state index >= 15 is 0 Å². The van der Waals surface area contributed by atoms with Crippen molar-refractivity contribution in [2.75, 3.05) is 19.0 Å². The van der Waals surface area contributed by atoms with Gasteiger partial charge >= 0.3 is 0 Å². The summed E-state index contributed by atoms with van der Waals surface area (Å²) < 4.78 is 7.93. The highest BCUT2D eigenvalue weighted by Gasteiger charge is 2.15. The van der Waals surface area contributed by atoms with Crippen LogP contribution in [0.5, 0.6) is 5.75 Å². The molecule has 0 bridgehead atoms. The van der Waals surface area contributed by atoms with Crippen LogP contribution >= 0.6 is 11.8 Å². The average molecular weight is 354 g/mol. The molecular formula is C19H22N4OS. The second-order valence-electron chi connectivity index (χ2n) is 6.27. The van der Waals surface area contributed by atoms with E-state index in [9.17, 15) is 0 Å². The lowest BCUT2D eigenvalue weighted by molar-refractivity contribution is 0.317. The number of nitrogens with one attached hydrogen (secondary N) is 1. The first kappa shape index (κ1) is 16.4. The maximum Gasteiger partial charge on any atom is 0.159 e. The smallest absolute Gasteiger partial charge is 0.159 e. The largest absolute Gasteiger partial charge is 0.493 e. The summed E-state index contributed by atoms with van der Waals surface area (Å²) in [4.78, 5) is 9.00. The third-order valence-corrected chi connectivity index (χ3v) is 5.67. The van der Waals surface area contributed by atoms with E-state index < -0.39 is 0 Å². The second kappa shape index (κ2) is 7.45. The lowest BCUT2D eigenvalue weighted by Gasteiger charge is -2.09. The summed E-state index contributed by atoms with van der Waals surface area (Å²) in [6.45, 7) is 1.72. The second-order valence-corrected chi connectivity index (χ2v) is 7.56. The van der Waals surface area contributed by atoms with Gasteiger partial charge in [-0.15, -0.1) is 11.8 Å². The number of benzene rings is 1. The minimum atomic E-state index is 0.610. The van der Waals surface area contributed by atoms with Crippen molar-refractivity contribution >= 4 is 22.9 Å². The van der Waals surface area contributed by atoms with Crippen molar-refractivity contribution in [1.82, 2.24) is 19.9 Å². The van der Waals surface area contributed by atoms with E-state index in [1.807, 2.05) is 35.5 Å². The van der Waals surface area contributed by atoms with Gasteiger partial charge in [-0.1, -0.05) is 12.1 Å². The highest BCUT2D eigenvalue weighted by Crippen LogP contribution is 2.21. The molecule has 3 aromatic rings. The Kier molecular flexibility index (Phi) is 4.90. The van der Waals surface area contributed by atoms with Gasteiger partial charge in [0, 0.05) is 37.3 Å². The molecule has 1 aliphatic rings.